The first kappa shape index (κ1) is 9.70. The molecule has 1 aliphatic rings. The van der Waals surface area contributed by atoms with Crippen molar-refractivity contribution in [3.05, 3.63) is 23.9 Å². The van der Waals surface area contributed by atoms with Crippen molar-refractivity contribution in [3.63, 3.8) is 0 Å². The van der Waals surface area contributed by atoms with E-state index in [1.54, 1.807) is 0 Å². The Morgan fingerprint density at radius 1 is 1.54 bits per heavy atom. The molecule has 0 aliphatic heterocycles. The lowest BCUT2D eigenvalue weighted by atomic mass is 9.84. The number of carboxylic acid groups (broad SMARTS) is 1. The van der Waals surface area contributed by atoms with Crippen molar-refractivity contribution in [1.82, 2.24) is 0 Å². The predicted octanol–water partition coefficient (Wildman–Crippen LogP) is 1.12. The molecule has 0 amide bonds. The van der Waals surface area contributed by atoms with Crippen molar-refractivity contribution in [1.29, 1.82) is 0 Å². The molecule has 0 heterocycles. The minimum absolute atomic E-state index is 0.510. The number of halogens is 2. The second-order valence-corrected chi connectivity index (χ2v) is 3.14. The molecular weight excluding hydrogens is 180 g/mol. The summed E-state index contributed by atoms with van der Waals surface area (Å²) in [6, 6.07) is 0. The standard InChI is InChI=1S/C8H9F2NO2/c1-7(6(12)13)2-3-8(9,10)5(11)4-7/h2-4H,11H2,1H3,(H,12,13). The fourth-order valence-corrected chi connectivity index (χ4v) is 0.974. The third kappa shape index (κ3) is 1.54. The molecule has 0 bridgehead atoms. The normalized spacial score (nSPS) is 31.2. The molecular formula is C8H9F2NO2. The maximum atomic E-state index is 12.7. The molecule has 72 valence electrons. The number of allylic oxidation sites excluding steroid dienone is 1. The molecule has 1 aliphatic carbocycles. The van der Waals surface area contributed by atoms with Crippen LogP contribution in [0.4, 0.5) is 8.78 Å². The van der Waals surface area contributed by atoms with E-state index in [0.29, 0.717) is 6.08 Å². The van der Waals surface area contributed by atoms with Crippen LogP contribution in [0.2, 0.25) is 0 Å². The minimum atomic E-state index is -3.23. The van der Waals surface area contributed by atoms with Crippen LogP contribution in [0.1, 0.15) is 6.92 Å². The average Bonchev–Trinajstić information content (AvgIpc) is 1.98. The first-order valence-electron chi connectivity index (χ1n) is 3.58. The summed E-state index contributed by atoms with van der Waals surface area (Å²) in [6.07, 6.45) is 2.30. The highest BCUT2D eigenvalue weighted by atomic mass is 19.3. The van der Waals surface area contributed by atoms with Gasteiger partial charge in [-0.05, 0) is 19.1 Å². The average molecular weight is 189 g/mol. The number of carbonyl (C=O) groups is 1. The highest BCUT2D eigenvalue weighted by molar-refractivity contribution is 5.80. The Bertz CT molecular complexity index is 309. The van der Waals surface area contributed by atoms with Crippen molar-refractivity contribution < 1.29 is 18.7 Å². The van der Waals surface area contributed by atoms with Crippen molar-refractivity contribution in [3.8, 4) is 0 Å². The van der Waals surface area contributed by atoms with Crippen LogP contribution in [0.15, 0.2) is 23.9 Å². The van der Waals surface area contributed by atoms with Crippen LogP contribution >= 0.6 is 0 Å². The number of hydrogen-bond donors (Lipinski definition) is 2. The van der Waals surface area contributed by atoms with Crippen LogP contribution in [-0.2, 0) is 4.79 Å². The van der Waals surface area contributed by atoms with E-state index in [1.165, 1.54) is 6.92 Å². The van der Waals surface area contributed by atoms with E-state index >= 15 is 0 Å². The van der Waals surface area contributed by atoms with Gasteiger partial charge in [-0.15, -0.1) is 0 Å². The summed E-state index contributed by atoms with van der Waals surface area (Å²) in [7, 11) is 0. The van der Waals surface area contributed by atoms with Crippen molar-refractivity contribution in [2.24, 2.45) is 11.1 Å². The van der Waals surface area contributed by atoms with Gasteiger partial charge in [0.25, 0.3) is 0 Å². The molecule has 0 aromatic carbocycles. The van der Waals surface area contributed by atoms with Gasteiger partial charge >= 0.3 is 11.9 Å². The Labute approximate surface area is 73.5 Å². The molecule has 0 spiro atoms. The van der Waals surface area contributed by atoms with Gasteiger partial charge < -0.3 is 10.8 Å². The van der Waals surface area contributed by atoms with E-state index in [9.17, 15) is 13.6 Å². The van der Waals surface area contributed by atoms with E-state index in [2.05, 4.69) is 0 Å². The Morgan fingerprint density at radius 2 is 2.08 bits per heavy atom. The summed E-state index contributed by atoms with van der Waals surface area (Å²) in [5.41, 5.74) is 2.88. The lowest BCUT2D eigenvalue weighted by Crippen LogP contribution is -2.34. The Kier molecular flexibility index (Phi) is 1.90. The van der Waals surface area contributed by atoms with Crippen molar-refractivity contribution in [2.75, 3.05) is 0 Å². The van der Waals surface area contributed by atoms with Gasteiger partial charge in [0.1, 0.15) is 5.41 Å². The van der Waals surface area contributed by atoms with Gasteiger partial charge in [-0.2, -0.15) is 8.78 Å². The molecule has 1 rings (SSSR count). The number of rotatable bonds is 1. The molecule has 3 N–H and O–H groups in total. The molecule has 1 atom stereocenters. The van der Waals surface area contributed by atoms with Crippen LogP contribution in [-0.4, -0.2) is 17.0 Å². The van der Waals surface area contributed by atoms with Crippen LogP contribution in [0.25, 0.3) is 0 Å². The molecule has 0 saturated carbocycles. The molecule has 13 heavy (non-hydrogen) atoms. The number of carboxylic acids is 1. The van der Waals surface area contributed by atoms with E-state index in [1.807, 2.05) is 0 Å². The van der Waals surface area contributed by atoms with Crippen LogP contribution in [0, 0.1) is 5.41 Å². The third-order valence-corrected chi connectivity index (χ3v) is 1.94. The second kappa shape index (κ2) is 2.55. The van der Waals surface area contributed by atoms with Crippen LogP contribution in [0.5, 0.6) is 0 Å². The molecule has 5 heteroatoms. The van der Waals surface area contributed by atoms with Crippen LogP contribution in [0.3, 0.4) is 0 Å². The van der Waals surface area contributed by atoms with Gasteiger partial charge in [0.15, 0.2) is 0 Å². The quantitative estimate of drug-likeness (QED) is 0.607. The van der Waals surface area contributed by atoms with Gasteiger partial charge in [0.05, 0.1) is 5.70 Å². The first-order valence-corrected chi connectivity index (χ1v) is 3.58. The Hall–Kier alpha value is -1.39. The predicted molar refractivity (Wildman–Crippen MR) is 42.1 cm³/mol. The number of nitrogens with two attached hydrogens (primary N) is 1. The van der Waals surface area contributed by atoms with Gasteiger partial charge in [0.2, 0.25) is 0 Å². The summed E-state index contributed by atoms with van der Waals surface area (Å²) >= 11 is 0. The molecule has 3 nitrogen and oxygen atoms in total. The maximum absolute atomic E-state index is 12.7. The summed E-state index contributed by atoms with van der Waals surface area (Å²) in [4.78, 5) is 10.6. The molecule has 0 fully saturated rings. The first-order chi connectivity index (χ1) is 5.78. The van der Waals surface area contributed by atoms with Crippen LogP contribution < -0.4 is 5.73 Å². The summed E-state index contributed by atoms with van der Waals surface area (Å²) in [5, 5.41) is 8.69. The zero-order valence-electron chi connectivity index (χ0n) is 6.92. The van der Waals surface area contributed by atoms with Crippen molar-refractivity contribution in [2.45, 2.75) is 12.8 Å². The van der Waals surface area contributed by atoms with E-state index in [4.69, 9.17) is 10.8 Å². The van der Waals surface area contributed by atoms with Crippen molar-refractivity contribution >= 4 is 5.97 Å². The molecule has 0 radical (unpaired) electrons. The third-order valence-electron chi connectivity index (χ3n) is 1.94. The lowest BCUT2D eigenvalue weighted by Gasteiger charge is -2.25. The van der Waals surface area contributed by atoms with E-state index in [0.717, 1.165) is 12.2 Å². The highest BCUT2D eigenvalue weighted by Gasteiger charge is 2.40. The summed E-state index contributed by atoms with van der Waals surface area (Å²) in [6.45, 7) is 1.30. The fourth-order valence-electron chi connectivity index (χ4n) is 0.974. The summed E-state index contributed by atoms with van der Waals surface area (Å²) in [5.74, 6) is -4.43. The summed E-state index contributed by atoms with van der Waals surface area (Å²) < 4.78 is 25.5. The van der Waals surface area contributed by atoms with E-state index in [-0.39, 0.29) is 0 Å². The SMILES string of the molecule is CC1(C(=O)O)C=CC(F)(F)C(N)=C1. The van der Waals surface area contributed by atoms with Gasteiger partial charge in [-0.25, -0.2) is 0 Å². The highest BCUT2D eigenvalue weighted by Crippen LogP contribution is 2.34. The zero-order valence-corrected chi connectivity index (χ0v) is 6.92. The van der Waals surface area contributed by atoms with E-state index < -0.39 is 23.0 Å². The largest absolute Gasteiger partial charge is 0.480 e. The van der Waals surface area contributed by atoms with Gasteiger partial charge in [0, 0.05) is 0 Å². The topological polar surface area (TPSA) is 63.3 Å². The number of aliphatic carboxylic acids is 1. The second-order valence-electron chi connectivity index (χ2n) is 3.14. The number of hydrogen-bond acceptors (Lipinski definition) is 2. The van der Waals surface area contributed by atoms with Gasteiger partial charge in [-0.3, -0.25) is 4.79 Å². The molecule has 0 aromatic heterocycles. The monoisotopic (exact) mass is 189 g/mol. The number of alkyl halides is 2. The zero-order chi connectivity index (χ0) is 10.3. The smallest absolute Gasteiger partial charge is 0.317 e. The maximum Gasteiger partial charge on any atom is 0.317 e. The van der Waals surface area contributed by atoms with Gasteiger partial charge in [-0.1, -0.05) is 6.08 Å². The fraction of sp³-hybridized carbons (Fsp3) is 0.375. The molecule has 0 aromatic rings. The molecule has 1 unspecified atom stereocenters. The Balaban J connectivity index is 3.09. The Morgan fingerprint density at radius 3 is 2.46 bits per heavy atom. The lowest BCUT2D eigenvalue weighted by molar-refractivity contribution is -0.143. The molecule has 0 saturated heterocycles. The minimum Gasteiger partial charge on any atom is -0.480 e.